The summed E-state index contributed by atoms with van der Waals surface area (Å²) in [4.78, 5) is 41.3. The minimum atomic E-state index is -4.51. The maximum atomic E-state index is 13.5. The number of pyridine rings is 1. The van der Waals surface area contributed by atoms with Gasteiger partial charge in [-0.25, -0.2) is 18.0 Å². The Kier molecular flexibility index (Phi) is 9.87. The molecule has 2 aromatic heterocycles. The van der Waals surface area contributed by atoms with E-state index in [9.17, 15) is 17.8 Å². The number of likely N-dealkylation sites (N-methyl/N-ethyl adjacent to an activating group) is 1. The highest BCUT2D eigenvalue weighted by Crippen LogP contribution is 2.38. The van der Waals surface area contributed by atoms with Gasteiger partial charge in [0.25, 0.3) is 5.91 Å². The number of phosphoric ester groups is 1. The molecule has 13 heteroatoms. The predicted octanol–water partition coefficient (Wildman–Crippen LogP) is 4.34. The van der Waals surface area contributed by atoms with Gasteiger partial charge in [-0.1, -0.05) is 26.0 Å². The Morgan fingerprint density at radius 3 is 2.60 bits per heavy atom. The molecule has 0 aliphatic carbocycles. The minimum Gasteiger partial charge on any atom is -0.352 e. The molecule has 0 aliphatic rings. The van der Waals surface area contributed by atoms with Gasteiger partial charge in [-0.2, -0.15) is 0 Å². The van der Waals surface area contributed by atoms with Crippen LogP contribution in [0.25, 0.3) is 33.1 Å². The second-order valence-corrected chi connectivity index (χ2v) is 13.7. The summed E-state index contributed by atoms with van der Waals surface area (Å²) in [5.74, 6) is -0.279. The highest BCUT2D eigenvalue weighted by atomic mass is 32.2. The Labute approximate surface area is 245 Å². The SMILES string of the molecule is CCN(CCCNC(=O)c1cc(-c2cccc(S(=O)(=O)CC)c2)c2c([nH]c3ncc(C)cc32)c1C)CCOP(=O)(O)O. The number of amides is 1. The molecule has 0 spiro atoms. The molecule has 0 saturated carbocycles. The number of rotatable bonds is 13. The van der Waals surface area contributed by atoms with E-state index >= 15 is 0 Å². The van der Waals surface area contributed by atoms with Gasteiger partial charge in [0.1, 0.15) is 5.65 Å². The molecule has 0 fully saturated rings. The van der Waals surface area contributed by atoms with Crippen LogP contribution in [0.1, 0.15) is 41.8 Å². The van der Waals surface area contributed by atoms with Crippen LogP contribution in [0.5, 0.6) is 0 Å². The highest BCUT2D eigenvalue weighted by molar-refractivity contribution is 7.91. The van der Waals surface area contributed by atoms with Gasteiger partial charge in [-0.15, -0.1) is 0 Å². The molecule has 2 heterocycles. The molecule has 0 saturated heterocycles. The molecule has 0 radical (unpaired) electrons. The zero-order valence-corrected chi connectivity index (χ0v) is 25.9. The van der Waals surface area contributed by atoms with Gasteiger partial charge < -0.3 is 25.0 Å². The van der Waals surface area contributed by atoms with Crippen LogP contribution in [0.3, 0.4) is 0 Å². The third kappa shape index (κ3) is 7.26. The van der Waals surface area contributed by atoms with Crippen molar-refractivity contribution in [2.75, 3.05) is 38.5 Å². The molecule has 4 N–H and O–H groups in total. The van der Waals surface area contributed by atoms with E-state index in [0.717, 1.165) is 33.0 Å². The average molecular weight is 617 g/mol. The molecule has 226 valence electrons. The molecule has 0 aliphatic heterocycles. The molecule has 4 aromatic rings. The van der Waals surface area contributed by atoms with Crippen molar-refractivity contribution in [3.63, 3.8) is 0 Å². The van der Waals surface area contributed by atoms with Crippen molar-refractivity contribution in [1.29, 1.82) is 0 Å². The molecular weight excluding hydrogens is 579 g/mol. The van der Waals surface area contributed by atoms with Gasteiger partial charge in [0.15, 0.2) is 9.84 Å². The fraction of sp³-hybridized carbons (Fsp3) is 0.379. The van der Waals surface area contributed by atoms with Crippen molar-refractivity contribution < 1.29 is 32.1 Å². The van der Waals surface area contributed by atoms with Crippen molar-refractivity contribution in [2.24, 2.45) is 0 Å². The monoisotopic (exact) mass is 616 g/mol. The van der Waals surface area contributed by atoms with Gasteiger partial charge in [-0.05, 0) is 79.9 Å². The summed E-state index contributed by atoms with van der Waals surface area (Å²) in [6, 6.07) is 10.6. The molecule has 42 heavy (non-hydrogen) atoms. The lowest BCUT2D eigenvalue weighted by molar-refractivity contribution is 0.0950. The lowest BCUT2D eigenvalue weighted by Gasteiger charge is -2.20. The highest BCUT2D eigenvalue weighted by Gasteiger charge is 2.21. The predicted molar refractivity (Wildman–Crippen MR) is 163 cm³/mol. The summed E-state index contributed by atoms with van der Waals surface area (Å²) >= 11 is 0. The smallest absolute Gasteiger partial charge is 0.352 e. The van der Waals surface area contributed by atoms with E-state index in [1.54, 1.807) is 31.3 Å². The largest absolute Gasteiger partial charge is 0.469 e. The number of aromatic amines is 1. The number of hydrogen-bond donors (Lipinski definition) is 4. The number of nitrogens with zero attached hydrogens (tertiary/aromatic N) is 2. The fourth-order valence-corrected chi connectivity index (χ4v) is 6.24. The average Bonchev–Trinajstić information content (AvgIpc) is 3.33. The second-order valence-electron chi connectivity index (χ2n) is 10.2. The summed E-state index contributed by atoms with van der Waals surface area (Å²) in [6.07, 6.45) is 2.39. The number of nitrogens with one attached hydrogen (secondary N) is 2. The van der Waals surface area contributed by atoms with E-state index in [-0.39, 0.29) is 23.2 Å². The first-order valence-corrected chi connectivity index (χ1v) is 17.0. The number of carbonyl (C=O) groups is 1. The van der Waals surface area contributed by atoms with Crippen LogP contribution in [0.4, 0.5) is 0 Å². The molecule has 0 atom stereocenters. The summed E-state index contributed by atoms with van der Waals surface area (Å²) in [5.41, 5.74) is 5.05. The van der Waals surface area contributed by atoms with E-state index in [2.05, 4.69) is 19.8 Å². The van der Waals surface area contributed by atoms with Crippen LogP contribution >= 0.6 is 7.82 Å². The lowest BCUT2D eigenvalue weighted by Crippen LogP contribution is -2.32. The zero-order valence-electron chi connectivity index (χ0n) is 24.2. The van der Waals surface area contributed by atoms with E-state index in [1.165, 1.54) is 0 Å². The first kappa shape index (κ1) is 31.8. The summed E-state index contributed by atoms with van der Waals surface area (Å²) < 4.78 is 40.8. The number of phosphoric acid groups is 1. The number of aromatic nitrogens is 2. The summed E-state index contributed by atoms with van der Waals surface area (Å²) in [7, 11) is -7.95. The van der Waals surface area contributed by atoms with E-state index in [0.29, 0.717) is 49.4 Å². The Hall–Kier alpha value is -3.12. The van der Waals surface area contributed by atoms with Gasteiger partial charge in [0.05, 0.1) is 22.8 Å². The van der Waals surface area contributed by atoms with Crippen molar-refractivity contribution in [1.82, 2.24) is 20.2 Å². The first-order valence-electron chi connectivity index (χ1n) is 13.8. The quantitative estimate of drug-likeness (QED) is 0.126. The van der Waals surface area contributed by atoms with E-state index in [1.807, 2.05) is 43.9 Å². The van der Waals surface area contributed by atoms with Crippen LogP contribution in [0.2, 0.25) is 0 Å². The zero-order chi connectivity index (χ0) is 30.7. The topological polar surface area (TPSA) is 162 Å². The van der Waals surface area contributed by atoms with E-state index in [4.69, 9.17) is 9.79 Å². The molecule has 11 nitrogen and oxygen atoms in total. The number of carbonyl (C=O) groups excluding carboxylic acids is 1. The van der Waals surface area contributed by atoms with Crippen molar-refractivity contribution >= 4 is 45.5 Å². The van der Waals surface area contributed by atoms with Crippen LogP contribution in [-0.2, 0) is 18.9 Å². The third-order valence-corrected chi connectivity index (χ3v) is 9.56. The number of H-pyrrole nitrogens is 1. The normalized spacial score (nSPS) is 12.5. The summed E-state index contributed by atoms with van der Waals surface area (Å²) in [6.45, 7) is 9.31. The maximum absolute atomic E-state index is 13.5. The van der Waals surface area contributed by atoms with Crippen LogP contribution in [0, 0.1) is 13.8 Å². The molecule has 1 amide bonds. The Bertz CT molecular complexity index is 1760. The summed E-state index contributed by atoms with van der Waals surface area (Å²) in [5, 5.41) is 4.75. The first-order chi connectivity index (χ1) is 19.8. The van der Waals surface area contributed by atoms with Crippen molar-refractivity contribution in [2.45, 2.75) is 39.0 Å². The molecule has 0 unspecified atom stereocenters. The van der Waals surface area contributed by atoms with Gasteiger partial charge in [0, 0.05) is 35.6 Å². The van der Waals surface area contributed by atoms with Crippen LogP contribution < -0.4 is 5.32 Å². The van der Waals surface area contributed by atoms with Crippen LogP contribution in [0.15, 0.2) is 47.5 Å². The molecule has 2 aromatic carbocycles. The Balaban J connectivity index is 1.64. The van der Waals surface area contributed by atoms with Crippen molar-refractivity contribution in [3.8, 4) is 11.1 Å². The molecule has 0 bridgehead atoms. The second kappa shape index (κ2) is 13.0. The Morgan fingerprint density at radius 1 is 1.14 bits per heavy atom. The number of aryl methyl sites for hydroxylation is 2. The minimum absolute atomic E-state index is 0.0181. The third-order valence-electron chi connectivity index (χ3n) is 7.30. The van der Waals surface area contributed by atoms with E-state index < -0.39 is 17.7 Å². The van der Waals surface area contributed by atoms with Crippen LogP contribution in [-0.4, -0.2) is 77.5 Å². The van der Waals surface area contributed by atoms with Gasteiger partial charge in [-0.3, -0.25) is 9.32 Å². The molecule has 4 rings (SSSR count). The number of fused-ring (bicyclic) bond motifs is 3. The lowest BCUT2D eigenvalue weighted by atomic mass is 9.93. The number of benzene rings is 2. The number of hydrogen-bond acceptors (Lipinski definition) is 7. The number of sulfone groups is 1. The van der Waals surface area contributed by atoms with Gasteiger partial charge in [0.2, 0.25) is 0 Å². The standard InChI is InChI=1S/C29H37N4O7PS/c1-5-33(13-14-40-41(35,36)37)12-8-11-30-29(34)23-17-24(21-9-7-10-22(16-21)42(38,39)6-2)26-25-15-19(3)18-31-28(25)32-27(26)20(23)4/h7,9-10,15-18H,5-6,8,11-14H2,1-4H3,(H,30,34)(H,31,32)(H2,35,36,37). The molecular formula is C29H37N4O7PS. The van der Waals surface area contributed by atoms with Gasteiger partial charge >= 0.3 is 7.82 Å². The fourth-order valence-electron chi connectivity index (χ4n) is 5.00. The maximum Gasteiger partial charge on any atom is 0.469 e. The Morgan fingerprint density at radius 2 is 1.90 bits per heavy atom. The van der Waals surface area contributed by atoms with Crippen molar-refractivity contribution in [3.05, 3.63) is 59.3 Å².